The predicted octanol–water partition coefficient (Wildman–Crippen LogP) is 2.18. The molecule has 0 fully saturated rings. The minimum absolute atomic E-state index is 0.00873. The average molecular weight is 272 g/mol. The number of carbonyl (C=O) groups is 1. The van der Waals surface area contributed by atoms with Crippen LogP contribution in [0.25, 0.3) is 0 Å². The molecule has 15 heavy (non-hydrogen) atoms. The number of rotatable bonds is 4. The van der Waals surface area contributed by atoms with Crippen LogP contribution in [-0.4, -0.2) is 15.8 Å². The molecular weight excluding hydrogens is 258 g/mol. The van der Waals surface area contributed by atoms with Crippen molar-refractivity contribution in [3.05, 3.63) is 29.8 Å². The molecule has 4 heteroatoms. The number of benzene rings is 1. The quantitative estimate of drug-likeness (QED) is 0.825. The second kappa shape index (κ2) is 5.75. The standard InChI is InChI=1S/C11H14BrNO2/c1-2-10(12)11(15)13-7-8-3-5-9(14)6-4-8/h3-6,10,14H,2,7H2,1H3,(H,13,15). The van der Waals surface area contributed by atoms with E-state index in [1.54, 1.807) is 24.3 Å². The Labute approximate surface area is 97.6 Å². The smallest absolute Gasteiger partial charge is 0.234 e. The van der Waals surface area contributed by atoms with Crippen molar-refractivity contribution in [3.8, 4) is 5.75 Å². The van der Waals surface area contributed by atoms with Gasteiger partial charge in [-0.15, -0.1) is 0 Å². The molecule has 1 unspecified atom stereocenters. The van der Waals surface area contributed by atoms with Crippen LogP contribution in [-0.2, 0) is 11.3 Å². The molecule has 0 radical (unpaired) electrons. The molecule has 2 N–H and O–H groups in total. The molecule has 1 rings (SSSR count). The Hall–Kier alpha value is -1.03. The number of hydrogen-bond acceptors (Lipinski definition) is 2. The number of alkyl halides is 1. The zero-order valence-electron chi connectivity index (χ0n) is 8.53. The Balaban J connectivity index is 2.43. The zero-order valence-corrected chi connectivity index (χ0v) is 10.1. The van der Waals surface area contributed by atoms with Gasteiger partial charge in [-0.25, -0.2) is 0 Å². The monoisotopic (exact) mass is 271 g/mol. The maximum atomic E-state index is 11.4. The minimum atomic E-state index is -0.130. The summed E-state index contributed by atoms with van der Waals surface area (Å²) in [5.74, 6) is 0.225. The third kappa shape index (κ3) is 3.91. The summed E-state index contributed by atoms with van der Waals surface area (Å²) in [6.07, 6.45) is 0.765. The molecule has 3 nitrogen and oxygen atoms in total. The summed E-state index contributed by atoms with van der Waals surface area (Å²) in [7, 11) is 0. The first kappa shape index (κ1) is 12.0. The summed E-state index contributed by atoms with van der Waals surface area (Å²) in [6, 6.07) is 6.77. The molecule has 0 saturated heterocycles. The van der Waals surface area contributed by atoms with Gasteiger partial charge in [0, 0.05) is 6.54 Å². The lowest BCUT2D eigenvalue weighted by atomic mass is 10.2. The molecule has 1 amide bonds. The van der Waals surface area contributed by atoms with Gasteiger partial charge in [0.2, 0.25) is 5.91 Å². The van der Waals surface area contributed by atoms with E-state index in [0.29, 0.717) is 6.54 Å². The molecule has 0 spiro atoms. The Morgan fingerprint density at radius 1 is 1.47 bits per heavy atom. The van der Waals surface area contributed by atoms with Gasteiger partial charge in [0.15, 0.2) is 0 Å². The van der Waals surface area contributed by atoms with Crippen molar-refractivity contribution in [1.82, 2.24) is 5.32 Å². The van der Waals surface area contributed by atoms with E-state index < -0.39 is 0 Å². The highest BCUT2D eigenvalue weighted by Gasteiger charge is 2.10. The molecule has 0 aliphatic heterocycles. The van der Waals surface area contributed by atoms with Crippen LogP contribution in [0.4, 0.5) is 0 Å². The lowest BCUT2D eigenvalue weighted by Crippen LogP contribution is -2.30. The van der Waals surface area contributed by atoms with E-state index in [4.69, 9.17) is 5.11 Å². The summed E-state index contributed by atoms with van der Waals surface area (Å²) >= 11 is 3.28. The van der Waals surface area contributed by atoms with Gasteiger partial charge in [-0.05, 0) is 24.1 Å². The number of carbonyl (C=O) groups excluding carboxylic acids is 1. The van der Waals surface area contributed by atoms with Crippen molar-refractivity contribution in [3.63, 3.8) is 0 Å². The average Bonchev–Trinajstić information content (AvgIpc) is 2.26. The molecule has 1 aromatic rings. The fourth-order valence-electron chi connectivity index (χ4n) is 1.10. The molecule has 1 atom stereocenters. The van der Waals surface area contributed by atoms with E-state index in [0.717, 1.165) is 12.0 Å². The number of aromatic hydroxyl groups is 1. The second-order valence-corrected chi connectivity index (χ2v) is 4.37. The van der Waals surface area contributed by atoms with Crippen molar-refractivity contribution in [2.75, 3.05) is 0 Å². The van der Waals surface area contributed by atoms with Gasteiger partial charge in [-0.3, -0.25) is 4.79 Å². The Morgan fingerprint density at radius 2 is 2.07 bits per heavy atom. The summed E-state index contributed by atoms with van der Waals surface area (Å²) in [6.45, 7) is 2.43. The molecular formula is C11H14BrNO2. The van der Waals surface area contributed by atoms with Gasteiger partial charge < -0.3 is 10.4 Å². The van der Waals surface area contributed by atoms with Crippen LogP contribution in [0.3, 0.4) is 0 Å². The summed E-state index contributed by atoms with van der Waals surface area (Å²) in [5, 5.41) is 11.9. The Kier molecular flexibility index (Phi) is 4.62. The van der Waals surface area contributed by atoms with Crippen LogP contribution in [0, 0.1) is 0 Å². The van der Waals surface area contributed by atoms with E-state index in [2.05, 4.69) is 21.2 Å². The van der Waals surface area contributed by atoms with E-state index in [1.807, 2.05) is 6.92 Å². The van der Waals surface area contributed by atoms with Crippen LogP contribution >= 0.6 is 15.9 Å². The number of hydrogen-bond donors (Lipinski definition) is 2. The fourth-order valence-corrected chi connectivity index (χ4v) is 1.26. The first-order valence-corrected chi connectivity index (χ1v) is 5.74. The molecule has 0 aliphatic rings. The number of phenols is 1. The summed E-state index contributed by atoms with van der Waals surface area (Å²) in [5.41, 5.74) is 0.969. The Morgan fingerprint density at radius 3 is 2.60 bits per heavy atom. The number of phenolic OH excluding ortho intramolecular Hbond substituents is 1. The van der Waals surface area contributed by atoms with Gasteiger partial charge >= 0.3 is 0 Å². The Bertz CT molecular complexity index is 324. The van der Waals surface area contributed by atoms with Gasteiger partial charge in [0.05, 0.1) is 4.83 Å². The van der Waals surface area contributed by atoms with Crippen molar-refractivity contribution in [2.45, 2.75) is 24.7 Å². The van der Waals surface area contributed by atoms with Crippen LogP contribution in [0.15, 0.2) is 24.3 Å². The van der Waals surface area contributed by atoms with Crippen LogP contribution in [0.1, 0.15) is 18.9 Å². The van der Waals surface area contributed by atoms with Gasteiger partial charge in [-0.1, -0.05) is 35.0 Å². The number of nitrogens with one attached hydrogen (secondary N) is 1. The number of halogens is 1. The summed E-state index contributed by atoms with van der Waals surface area (Å²) < 4.78 is 0. The first-order valence-electron chi connectivity index (χ1n) is 4.83. The molecule has 82 valence electrons. The van der Waals surface area contributed by atoms with Gasteiger partial charge in [-0.2, -0.15) is 0 Å². The fraction of sp³-hybridized carbons (Fsp3) is 0.364. The lowest BCUT2D eigenvalue weighted by molar-refractivity contribution is -0.120. The van der Waals surface area contributed by atoms with E-state index in [-0.39, 0.29) is 16.5 Å². The largest absolute Gasteiger partial charge is 0.508 e. The lowest BCUT2D eigenvalue weighted by Gasteiger charge is -2.08. The van der Waals surface area contributed by atoms with Crippen LogP contribution in [0.5, 0.6) is 5.75 Å². The predicted molar refractivity (Wildman–Crippen MR) is 63.0 cm³/mol. The van der Waals surface area contributed by atoms with E-state index in [9.17, 15) is 4.79 Å². The number of amides is 1. The van der Waals surface area contributed by atoms with E-state index in [1.165, 1.54) is 0 Å². The SMILES string of the molecule is CCC(Br)C(=O)NCc1ccc(O)cc1. The van der Waals surface area contributed by atoms with Crippen molar-refractivity contribution >= 4 is 21.8 Å². The maximum absolute atomic E-state index is 11.4. The summed E-state index contributed by atoms with van der Waals surface area (Å²) in [4.78, 5) is 11.3. The molecule has 0 saturated carbocycles. The topological polar surface area (TPSA) is 49.3 Å². The normalized spacial score (nSPS) is 12.1. The van der Waals surface area contributed by atoms with E-state index >= 15 is 0 Å². The van der Waals surface area contributed by atoms with Crippen molar-refractivity contribution < 1.29 is 9.90 Å². The zero-order chi connectivity index (χ0) is 11.3. The highest BCUT2D eigenvalue weighted by atomic mass is 79.9. The highest BCUT2D eigenvalue weighted by molar-refractivity contribution is 9.10. The third-order valence-corrected chi connectivity index (χ3v) is 3.11. The minimum Gasteiger partial charge on any atom is -0.508 e. The second-order valence-electron chi connectivity index (χ2n) is 3.26. The molecule has 0 heterocycles. The molecule has 0 aliphatic carbocycles. The highest BCUT2D eigenvalue weighted by Crippen LogP contribution is 2.10. The van der Waals surface area contributed by atoms with Crippen molar-refractivity contribution in [1.29, 1.82) is 0 Å². The van der Waals surface area contributed by atoms with Crippen molar-refractivity contribution in [2.24, 2.45) is 0 Å². The van der Waals surface area contributed by atoms with Crippen LogP contribution < -0.4 is 5.32 Å². The van der Waals surface area contributed by atoms with Crippen LogP contribution in [0.2, 0.25) is 0 Å². The molecule has 0 bridgehead atoms. The van der Waals surface area contributed by atoms with Gasteiger partial charge in [0.25, 0.3) is 0 Å². The maximum Gasteiger partial charge on any atom is 0.234 e. The molecule has 0 aromatic heterocycles. The first-order chi connectivity index (χ1) is 7.13. The molecule has 1 aromatic carbocycles. The van der Waals surface area contributed by atoms with Gasteiger partial charge in [0.1, 0.15) is 5.75 Å². The third-order valence-electron chi connectivity index (χ3n) is 2.05.